The van der Waals surface area contributed by atoms with E-state index in [0.29, 0.717) is 0 Å². The van der Waals surface area contributed by atoms with Crippen molar-refractivity contribution in [2.24, 2.45) is 0 Å². The topological polar surface area (TPSA) is 45.2 Å². The van der Waals surface area contributed by atoms with Crippen molar-refractivity contribution < 1.29 is 0 Å². The minimum atomic E-state index is 0.791. The lowest BCUT2D eigenvalue weighted by molar-refractivity contribution is 0.456. The molecule has 1 aliphatic heterocycles. The van der Waals surface area contributed by atoms with E-state index < -0.39 is 0 Å². The van der Waals surface area contributed by atoms with Crippen LogP contribution in [0.4, 0.5) is 5.95 Å². The maximum absolute atomic E-state index is 4.11. The Balaban J connectivity index is 2.03. The van der Waals surface area contributed by atoms with Crippen LogP contribution in [0.25, 0.3) is 0 Å². The van der Waals surface area contributed by atoms with Gasteiger partial charge in [-0.1, -0.05) is 0 Å². The zero-order valence-electron chi connectivity index (χ0n) is 7.10. The van der Waals surface area contributed by atoms with Crippen LogP contribution in [0.3, 0.4) is 0 Å². The molecule has 2 rings (SSSR count). The van der Waals surface area contributed by atoms with Crippen molar-refractivity contribution in [1.82, 2.24) is 18.1 Å². The number of anilines is 1. The summed E-state index contributed by atoms with van der Waals surface area (Å²) in [5, 5.41) is 0. The molecule has 6 heteroatoms. The molecule has 5 nitrogen and oxygen atoms in total. The standard InChI is InChI=1S/C7H10IN5/c8-13-3-1-12(2-4-13)7-10-5-9-6-11-7/h5-6H,1-4H2. The molecule has 0 unspecified atom stereocenters. The number of rotatable bonds is 1. The van der Waals surface area contributed by atoms with Crippen LogP contribution in [0, 0.1) is 0 Å². The van der Waals surface area contributed by atoms with E-state index in [4.69, 9.17) is 0 Å². The molecule has 13 heavy (non-hydrogen) atoms. The molecule has 0 radical (unpaired) electrons. The summed E-state index contributed by atoms with van der Waals surface area (Å²) in [5.41, 5.74) is 0. The van der Waals surface area contributed by atoms with Crippen molar-refractivity contribution in [2.75, 3.05) is 31.1 Å². The molecule has 70 valence electrons. The second kappa shape index (κ2) is 4.14. The third-order valence-corrected chi connectivity index (χ3v) is 2.95. The molecule has 0 aliphatic carbocycles. The lowest BCUT2D eigenvalue weighted by Crippen LogP contribution is -2.42. The van der Waals surface area contributed by atoms with Crippen molar-refractivity contribution in [1.29, 1.82) is 0 Å². The van der Waals surface area contributed by atoms with E-state index in [1.54, 1.807) is 12.7 Å². The molecular weight excluding hydrogens is 281 g/mol. The number of hydrogen-bond donors (Lipinski definition) is 0. The molecule has 0 N–H and O–H groups in total. The highest BCUT2D eigenvalue weighted by Gasteiger charge is 2.16. The minimum absolute atomic E-state index is 0.791. The normalized spacial score (nSPS) is 19.0. The van der Waals surface area contributed by atoms with Gasteiger partial charge < -0.3 is 4.90 Å². The van der Waals surface area contributed by atoms with Crippen LogP contribution in [-0.2, 0) is 0 Å². The van der Waals surface area contributed by atoms with Crippen molar-refractivity contribution in [2.45, 2.75) is 0 Å². The summed E-state index contributed by atoms with van der Waals surface area (Å²) in [6, 6.07) is 0. The third kappa shape index (κ3) is 2.25. The number of hydrogen-bond acceptors (Lipinski definition) is 5. The predicted octanol–water partition coefficient (Wildman–Crippen LogP) is 0.344. The summed E-state index contributed by atoms with van der Waals surface area (Å²) in [7, 11) is 0. The van der Waals surface area contributed by atoms with E-state index in [-0.39, 0.29) is 0 Å². The lowest BCUT2D eigenvalue weighted by atomic mass is 10.4. The molecule has 0 aromatic carbocycles. The summed E-state index contributed by atoms with van der Waals surface area (Å²) in [6.45, 7) is 4.11. The van der Waals surface area contributed by atoms with E-state index in [9.17, 15) is 0 Å². The van der Waals surface area contributed by atoms with Gasteiger partial charge in [-0.05, 0) is 0 Å². The molecule has 1 aromatic rings. The Labute approximate surface area is 90.7 Å². The molecule has 0 spiro atoms. The molecule has 1 saturated heterocycles. The van der Waals surface area contributed by atoms with Gasteiger partial charge >= 0.3 is 0 Å². The zero-order chi connectivity index (χ0) is 9.10. The van der Waals surface area contributed by atoms with Crippen LogP contribution in [0.2, 0.25) is 0 Å². The van der Waals surface area contributed by atoms with E-state index >= 15 is 0 Å². The fraction of sp³-hybridized carbons (Fsp3) is 0.571. The van der Waals surface area contributed by atoms with E-state index in [0.717, 1.165) is 32.1 Å². The van der Waals surface area contributed by atoms with Crippen molar-refractivity contribution in [3.8, 4) is 0 Å². The second-order valence-electron chi connectivity index (χ2n) is 2.84. The van der Waals surface area contributed by atoms with Gasteiger partial charge in [-0.15, -0.1) is 0 Å². The monoisotopic (exact) mass is 291 g/mol. The van der Waals surface area contributed by atoms with Gasteiger partial charge in [-0.3, -0.25) is 0 Å². The van der Waals surface area contributed by atoms with Crippen molar-refractivity contribution in [3.05, 3.63) is 12.7 Å². The van der Waals surface area contributed by atoms with Gasteiger partial charge in [-0.2, -0.15) is 0 Å². The minimum Gasteiger partial charge on any atom is -0.338 e. The first-order valence-electron chi connectivity index (χ1n) is 4.14. The Morgan fingerprint density at radius 1 is 1.08 bits per heavy atom. The van der Waals surface area contributed by atoms with E-state index in [1.807, 2.05) is 0 Å². The largest absolute Gasteiger partial charge is 0.338 e. The number of nitrogens with zero attached hydrogens (tertiary/aromatic N) is 5. The predicted molar refractivity (Wildman–Crippen MR) is 57.6 cm³/mol. The highest BCUT2D eigenvalue weighted by atomic mass is 127. The Morgan fingerprint density at radius 3 is 2.31 bits per heavy atom. The molecule has 1 aliphatic rings. The smallest absolute Gasteiger partial charge is 0.228 e. The number of halogens is 1. The molecule has 1 aromatic heterocycles. The van der Waals surface area contributed by atoms with Gasteiger partial charge in [0.15, 0.2) is 0 Å². The highest BCUT2D eigenvalue weighted by molar-refractivity contribution is 14.1. The third-order valence-electron chi connectivity index (χ3n) is 1.99. The van der Waals surface area contributed by atoms with Crippen LogP contribution in [-0.4, -0.2) is 44.2 Å². The average Bonchev–Trinajstić information content (AvgIpc) is 2.20. The van der Waals surface area contributed by atoms with Crippen LogP contribution in [0.5, 0.6) is 0 Å². The van der Waals surface area contributed by atoms with Gasteiger partial charge in [0.1, 0.15) is 12.7 Å². The molecule has 1 fully saturated rings. The van der Waals surface area contributed by atoms with Gasteiger partial charge in [-0.25, -0.2) is 18.1 Å². The maximum atomic E-state index is 4.11. The maximum Gasteiger partial charge on any atom is 0.228 e. The molecule has 2 heterocycles. The summed E-state index contributed by atoms with van der Waals surface area (Å²) >= 11 is 2.34. The van der Waals surface area contributed by atoms with Crippen LogP contribution >= 0.6 is 22.9 Å². The molecular formula is C7H10IN5. The summed E-state index contributed by atoms with van der Waals surface area (Å²) < 4.78 is 2.27. The lowest BCUT2D eigenvalue weighted by Gasteiger charge is -2.30. The second-order valence-corrected chi connectivity index (χ2v) is 4.20. The summed E-state index contributed by atoms with van der Waals surface area (Å²) in [5.74, 6) is 0.791. The first-order valence-corrected chi connectivity index (χ1v) is 5.10. The fourth-order valence-electron chi connectivity index (χ4n) is 1.28. The van der Waals surface area contributed by atoms with Gasteiger partial charge in [0, 0.05) is 49.0 Å². The van der Waals surface area contributed by atoms with Crippen molar-refractivity contribution >= 4 is 28.8 Å². The van der Waals surface area contributed by atoms with Crippen molar-refractivity contribution in [3.63, 3.8) is 0 Å². The van der Waals surface area contributed by atoms with Gasteiger partial charge in [0.05, 0.1) is 0 Å². The Hall–Kier alpha value is -0.500. The van der Waals surface area contributed by atoms with Gasteiger partial charge in [0.2, 0.25) is 5.95 Å². The number of piperazine rings is 1. The quantitative estimate of drug-likeness (QED) is 0.551. The fourth-order valence-corrected chi connectivity index (χ4v) is 1.71. The molecule has 0 atom stereocenters. The van der Waals surface area contributed by atoms with Crippen LogP contribution in [0.1, 0.15) is 0 Å². The van der Waals surface area contributed by atoms with E-state index in [1.165, 1.54) is 0 Å². The van der Waals surface area contributed by atoms with Crippen LogP contribution < -0.4 is 4.90 Å². The Bertz CT molecular complexity index is 259. The molecule has 0 saturated carbocycles. The number of aromatic nitrogens is 3. The summed E-state index contributed by atoms with van der Waals surface area (Å²) in [4.78, 5) is 14.2. The first-order chi connectivity index (χ1) is 6.36. The average molecular weight is 291 g/mol. The Kier molecular flexibility index (Phi) is 2.89. The van der Waals surface area contributed by atoms with Gasteiger partial charge in [0.25, 0.3) is 0 Å². The Morgan fingerprint density at radius 2 is 1.69 bits per heavy atom. The first kappa shape index (κ1) is 9.07. The highest BCUT2D eigenvalue weighted by Crippen LogP contribution is 2.11. The summed E-state index contributed by atoms with van der Waals surface area (Å²) in [6.07, 6.45) is 3.08. The van der Waals surface area contributed by atoms with E-state index in [2.05, 4.69) is 45.8 Å². The SMILES string of the molecule is IN1CCN(c2ncncn2)CC1. The van der Waals surface area contributed by atoms with Crippen LogP contribution in [0.15, 0.2) is 12.7 Å². The molecule has 0 bridgehead atoms. The zero-order valence-corrected chi connectivity index (χ0v) is 9.25. The molecule has 0 amide bonds.